The third-order valence-corrected chi connectivity index (χ3v) is 3.55. The molecule has 1 aliphatic heterocycles. The first kappa shape index (κ1) is 13.7. The number of nitrogens with one attached hydrogen (secondary N) is 1. The summed E-state index contributed by atoms with van der Waals surface area (Å²) in [6.45, 7) is 6.19. The molecule has 18 heavy (non-hydrogen) atoms. The van der Waals surface area contributed by atoms with Gasteiger partial charge in [-0.05, 0) is 38.9 Å². The van der Waals surface area contributed by atoms with Crippen molar-refractivity contribution < 1.29 is 8.78 Å². The number of nitrogens with zero attached hydrogens (tertiary/aromatic N) is 1. The highest BCUT2D eigenvalue weighted by atomic mass is 79.9. The van der Waals surface area contributed by atoms with E-state index in [1.54, 1.807) is 4.90 Å². The summed E-state index contributed by atoms with van der Waals surface area (Å²) in [5, 5.41) is 3.38. The third-order valence-electron chi connectivity index (χ3n) is 3.09. The molecule has 1 N–H and O–H groups in total. The Balaban J connectivity index is 2.35. The number of benzene rings is 1. The highest BCUT2D eigenvalue weighted by Crippen LogP contribution is 2.29. The van der Waals surface area contributed by atoms with Crippen LogP contribution in [0.4, 0.5) is 14.5 Å². The van der Waals surface area contributed by atoms with Crippen LogP contribution in [0.15, 0.2) is 16.6 Å². The molecule has 0 atom stereocenters. The summed E-state index contributed by atoms with van der Waals surface area (Å²) < 4.78 is 28.3. The summed E-state index contributed by atoms with van der Waals surface area (Å²) >= 11 is 3.10. The number of rotatable bonds is 1. The van der Waals surface area contributed by atoms with Gasteiger partial charge in [0.05, 0.1) is 0 Å². The molecular formula is C13H17BrF2N2. The van der Waals surface area contributed by atoms with Crippen molar-refractivity contribution in [3.63, 3.8) is 0 Å². The van der Waals surface area contributed by atoms with E-state index in [1.807, 2.05) is 13.8 Å². The van der Waals surface area contributed by atoms with Gasteiger partial charge >= 0.3 is 0 Å². The number of hydrogen-bond donors (Lipinski definition) is 1. The lowest BCUT2D eigenvalue weighted by molar-refractivity contribution is 0.413. The first-order valence-electron chi connectivity index (χ1n) is 6.03. The van der Waals surface area contributed by atoms with Gasteiger partial charge in [0.15, 0.2) is 11.6 Å². The molecule has 1 fully saturated rings. The normalized spacial score (nSPS) is 19.7. The minimum absolute atomic E-state index is 0.0787. The monoisotopic (exact) mass is 318 g/mol. The van der Waals surface area contributed by atoms with Crippen LogP contribution < -0.4 is 10.2 Å². The maximum Gasteiger partial charge on any atom is 0.150 e. The Bertz CT molecular complexity index is 426. The molecule has 5 heteroatoms. The first-order valence-corrected chi connectivity index (χ1v) is 6.83. The van der Waals surface area contributed by atoms with E-state index in [2.05, 4.69) is 21.2 Å². The van der Waals surface area contributed by atoms with Crippen LogP contribution in [0.1, 0.15) is 20.3 Å². The van der Waals surface area contributed by atoms with Crippen LogP contribution in [0.5, 0.6) is 0 Å². The number of anilines is 1. The third kappa shape index (κ3) is 3.01. The zero-order chi connectivity index (χ0) is 13.3. The molecule has 0 saturated carbocycles. The van der Waals surface area contributed by atoms with Crippen molar-refractivity contribution >= 4 is 21.6 Å². The molecule has 1 aromatic rings. The van der Waals surface area contributed by atoms with Gasteiger partial charge in [-0.15, -0.1) is 0 Å². The van der Waals surface area contributed by atoms with E-state index in [0.29, 0.717) is 17.6 Å². The maximum absolute atomic E-state index is 13.9. The van der Waals surface area contributed by atoms with Crippen LogP contribution >= 0.6 is 15.9 Å². The van der Waals surface area contributed by atoms with Crippen molar-refractivity contribution in [3.05, 3.63) is 28.2 Å². The van der Waals surface area contributed by atoms with E-state index in [0.717, 1.165) is 13.0 Å². The standard InChI is InChI=1S/C13H17BrF2N2/c1-13(2)8-18(5-3-4-17-13)12-10(15)6-9(14)7-11(12)16/h6-7,17H,3-5,8H2,1-2H3. The van der Waals surface area contributed by atoms with Gasteiger partial charge in [0.25, 0.3) is 0 Å². The van der Waals surface area contributed by atoms with Crippen LogP contribution in [0.3, 0.4) is 0 Å². The summed E-state index contributed by atoms with van der Waals surface area (Å²) in [4.78, 5) is 1.79. The van der Waals surface area contributed by atoms with Crippen LogP contribution in [0, 0.1) is 11.6 Å². The zero-order valence-corrected chi connectivity index (χ0v) is 12.2. The maximum atomic E-state index is 13.9. The predicted octanol–water partition coefficient (Wildman–Crippen LogP) is 3.31. The van der Waals surface area contributed by atoms with E-state index < -0.39 is 11.6 Å². The van der Waals surface area contributed by atoms with Crippen molar-refractivity contribution in [2.45, 2.75) is 25.8 Å². The van der Waals surface area contributed by atoms with E-state index in [1.165, 1.54) is 12.1 Å². The molecule has 0 radical (unpaired) electrons. The van der Waals surface area contributed by atoms with Crippen LogP contribution in [0.2, 0.25) is 0 Å². The van der Waals surface area contributed by atoms with Gasteiger partial charge in [-0.1, -0.05) is 15.9 Å². The molecule has 1 heterocycles. The fourth-order valence-corrected chi connectivity index (χ4v) is 2.74. The molecule has 2 rings (SSSR count). The van der Waals surface area contributed by atoms with Crippen LogP contribution in [0.25, 0.3) is 0 Å². The molecular weight excluding hydrogens is 302 g/mol. The van der Waals surface area contributed by atoms with Gasteiger partial charge < -0.3 is 10.2 Å². The van der Waals surface area contributed by atoms with Crippen molar-refractivity contribution in [2.24, 2.45) is 0 Å². The highest BCUT2D eigenvalue weighted by Gasteiger charge is 2.27. The van der Waals surface area contributed by atoms with Gasteiger partial charge in [-0.3, -0.25) is 0 Å². The van der Waals surface area contributed by atoms with E-state index >= 15 is 0 Å². The average molecular weight is 319 g/mol. The van der Waals surface area contributed by atoms with Crippen LogP contribution in [-0.2, 0) is 0 Å². The van der Waals surface area contributed by atoms with E-state index in [9.17, 15) is 8.78 Å². The second-order valence-electron chi connectivity index (χ2n) is 5.30. The van der Waals surface area contributed by atoms with Crippen molar-refractivity contribution in [1.82, 2.24) is 5.32 Å². The average Bonchev–Trinajstić information content (AvgIpc) is 2.37. The Morgan fingerprint density at radius 1 is 1.28 bits per heavy atom. The molecule has 100 valence electrons. The van der Waals surface area contributed by atoms with Gasteiger partial charge in [-0.2, -0.15) is 0 Å². The molecule has 0 bridgehead atoms. The van der Waals surface area contributed by atoms with Crippen molar-refractivity contribution in [1.29, 1.82) is 0 Å². The second-order valence-corrected chi connectivity index (χ2v) is 6.22. The molecule has 1 aliphatic rings. The Hall–Kier alpha value is -0.680. The zero-order valence-electron chi connectivity index (χ0n) is 10.6. The minimum Gasteiger partial charge on any atom is -0.365 e. The largest absolute Gasteiger partial charge is 0.365 e. The lowest BCUT2D eigenvalue weighted by Crippen LogP contribution is -2.46. The van der Waals surface area contributed by atoms with E-state index in [4.69, 9.17) is 0 Å². The lowest BCUT2D eigenvalue weighted by Gasteiger charge is -2.31. The second kappa shape index (κ2) is 5.13. The fraction of sp³-hybridized carbons (Fsp3) is 0.538. The predicted molar refractivity (Wildman–Crippen MR) is 73.0 cm³/mol. The molecule has 0 aliphatic carbocycles. The summed E-state index contributed by atoms with van der Waals surface area (Å²) in [5.41, 5.74) is -0.0717. The molecule has 1 saturated heterocycles. The summed E-state index contributed by atoms with van der Waals surface area (Å²) in [7, 11) is 0. The fourth-order valence-electron chi connectivity index (χ4n) is 2.34. The molecule has 0 unspecified atom stereocenters. The quantitative estimate of drug-likeness (QED) is 0.854. The van der Waals surface area contributed by atoms with Gasteiger partial charge in [0.1, 0.15) is 5.69 Å². The van der Waals surface area contributed by atoms with Crippen molar-refractivity contribution in [3.8, 4) is 0 Å². The summed E-state index contributed by atoms with van der Waals surface area (Å²) in [6.07, 6.45) is 0.873. The Morgan fingerprint density at radius 2 is 1.89 bits per heavy atom. The molecule has 0 spiro atoms. The van der Waals surface area contributed by atoms with Gasteiger partial charge in [-0.25, -0.2) is 8.78 Å². The first-order chi connectivity index (χ1) is 8.39. The number of halogens is 3. The Labute approximate surface area is 114 Å². The summed E-state index contributed by atoms with van der Waals surface area (Å²) in [5.74, 6) is -1.03. The smallest absolute Gasteiger partial charge is 0.150 e. The lowest BCUT2D eigenvalue weighted by atomic mass is 10.1. The number of hydrogen-bond acceptors (Lipinski definition) is 2. The van der Waals surface area contributed by atoms with Gasteiger partial charge in [0.2, 0.25) is 0 Å². The Kier molecular flexibility index (Phi) is 3.92. The topological polar surface area (TPSA) is 15.3 Å². The van der Waals surface area contributed by atoms with E-state index in [-0.39, 0.29) is 11.2 Å². The van der Waals surface area contributed by atoms with Crippen molar-refractivity contribution in [2.75, 3.05) is 24.5 Å². The molecule has 0 amide bonds. The minimum atomic E-state index is -0.514. The molecule has 1 aromatic carbocycles. The summed E-state index contributed by atoms with van der Waals surface area (Å²) in [6, 6.07) is 2.62. The SMILES string of the molecule is CC1(C)CN(c2c(F)cc(Br)cc2F)CCCN1. The molecule has 2 nitrogen and oxygen atoms in total. The van der Waals surface area contributed by atoms with Gasteiger partial charge in [0, 0.05) is 23.1 Å². The highest BCUT2D eigenvalue weighted by molar-refractivity contribution is 9.10. The Morgan fingerprint density at radius 3 is 2.50 bits per heavy atom. The molecule has 0 aromatic heterocycles. The van der Waals surface area contributed by atoms with Crippen LogP contribution in [-0.4, -0.2) is 25.2 Å².